The highest BCUT2D eigenvalue weighted by molar-refractivity contribution is 5.02. The van der Waals surface area contributed by atoms with Gasteiger partial charge in [-0.25, -0.2) is 0 Å². The van der Waals surface area contributed by atoms with E-state index in [9.17, 15) is 0 Å². The third-order valence-corrected chi connectivity index (χ3v) is 5.24. The summed E-state index contributed by atoms with van der Waals surface area (Å²) >= 11 is 0. The Morgan fingerprint density at radius 2 is 1.93 bits per heavy atom. The molecule has 2 saturated carbocycles. The molecule has 2 fully saturated rings. The second kappa shape index (κ2) is 3.54. The summed E-state index contributed by atoms with van der Waals surface area (Å²) in [6.07, 6.45) is 7.41. The summed E-state index contributed by atoms with van der Waals surface area (Å²) in [5.41, 5.74) is 0.736. The first-order chi connectivity index (χ1) is 6.57. The highest BCUT2D eigenvalue weighted by Crippen LogP contribution is 2.62. The minimum atomic E-state index is 0.736. The van der Waals surface area contributed by atoms with Crippen molar-refractivity contribution in [1.82, 2.24) is 0 Å². The molecule has 5 atom stereocenters. The summed E-state index contributed by atoms with van der Waals surface area (Å²) in [5.74, 6) is 4.14. The molecule has 0 saturated heterocycles. The zero-order chi connectivity index (χ0) is 10.3. The molecule has 0 radical (unpaired) electrons. The normalized spacial score (nSPS) is 53.1. The first-order valence-corrected chi connectivity index (χ1v) is 6.57. The van der Waals surface area contributed by atoms with Crippen molar-refractivity contribution in [3.05, 3.63) is 0 Å². The molecule has 0 heterocycles. The van der Waals surface area contributed by atoms with Gasteiger partial charge in [0.15, 0.2) is 0 Å². The molecule has 0 aliphatic heterocycles. The van der Waals surface area contributed by atoms with Gasteiger partial charge in [0, 0.05) is 0 Å². The molecule has 0 heteroatoms. The maximum atomic E-state index is 2.50. The van der Waals surface area contributed by atoms with Crippen LogP contribution >= 0.6 is 0 Å². The maximum Gasteiger partial charge on any atom is -0.0294 e. The van der Waals surface area contributed by atoms with E-state index < -0.39 is 0 Å². The quantitative estimate of drug-likeness (QED) is 0.607. The molecule has 2 aliphatic carbocycles. The Labute approximate surface area is 89.5 Å². The van der Waals surface area contributed by atoms with Gasteiger partial charge in [0.1, 0.15) is 0 Å². The Morgan fingerprint density at radius 1 is 1.21 bits per heavy atom. The van der Waals surface area contributed by atoms with Gasteiger partial charge in [-0.1, -0.05) is 40.5 Å². The van der Waals surface area contributed by atoms with E-state index in [-0.39, 0.29) is 0 Å². The first-order valence-electron chi connectivity index (χ1n) is 6.57. The minimum Gasteiger partial charge on any atom is -0.0649 e. The second-order valence-electron chi connectivity index (χ2n) is 6.38. The molecule has 5 unspecified atom stereocenters. The van der Waals surface area contributed by atoms with E-state index in [1.807, 2.05) is 0 Å². The van der Waals surface area contributed by atoms with Gasteiger partial charge < -0.3 is 0 Å². The summed E-state index contributed by atoms with van der Waals surface area (Å²) in [6.45, 7) is 9.80. The van der Waals surface area contributed by atoms with Crippen LogP contribution in [-0.4, -0.2) is 0 Å². The van der Waals surface area contributed by atoms with Crippen LogP contribution in [0, 0.1) is 29.1 Å². The lowest BCUT2D eigenvalue weighted by Crippen LogP contribution is -2.24. The fourth-order valence-electron chi connectivity index (χ4n) is 3.80. The van der Waals surface area contributed by atoms with Gasteiger partial charge in [-0.15, -0.1) is 0 Å². The number of rotatable bonds is 2. The van der Waals surface area contributed by atoms with Gasteiger partial charge in [-0.3, -0.25) is 0 Å². The Bertz CT molecular complexity index is 208. The highest BCUT2D eigenvalue weighted by atomic mass is 14.6. The average Bonchev–Trinajstić information content (AvgIpc) is 2.79. The van der Waals surface area contributed by atoms with Crippen LogP contribution in [0.4, 0.5) is 0 Å². The SMILES string of the molecule is CCC1(C)CC1C1CCC(C)CC1C. The van der Waals surface area contributed by atoms with Crippen LogP contribution < -0.4 is 0 Å². The van der Waals surface area contributed by atoms with Crippen molar-refractivity contribution < 1.29 is 0 Å². The second-order valence-corrected chi connectivity index (χ2v) is 6.38. The third-order valence-electron chi connectivity index (χ3n) is 5.24. The van der Waals surface area contributed by atoms with E-state index in [4.69, 9.17) is 0 Å². The largest absolute Gasteiger partial charge is 0.0649 e. The molecular formula is C14H26. The Kier molecular flexibility index (Phi) is 2.66. The van der Waals surface area contributed by atoms with Crippen molar-refractivity contribution in [2.75, 3.05) is 0 Å². The van der Waals surface area contributed by atoms with E-state index in [0.717, 1.165) is 29.1 Å². The van der Waals surface area contributed by atoms with E-state index in [2.05, 4.69) is 27.7 Å². The van der Waals surface area contributed by atoms with E-state index in [1.54, 1.807) is 0 Å². The molecule has 0 bridgehead atoms. The molecule has 0 aromatic rings. The zero-order valence-electron chi connectivity index (χ0n) is 10.3. The molecule has 2 aliphatic rings. The van der Waals surface area contributed by atoms with Crippen LogP contribution in [0.5, 0.6) is 0 Å². The smallest absolute Gasteiger partial charge is 0.0294 e. The average molecular weight is 194 g/mol. The van der Waals surface area contributed by atoms with Gasteiger partial charge in [-0.05, 0) is 48.3 Å². The maximum absolute atomic E-state index is 2.50. The van der Waals surface area contributed by atoms with Crippen LogP contribution in [0.15, 0.2) is 0 Å². The predicted molar refractivity (Wildman–Crippen MR) is 62.2 cm³/mol. The van der Waals surface area contributed by atoms with Gasteiger partial charge in [-0.2, -0.15) is 0 Å². The summed E-state index contributed by atoms with van der Waals surface area (Å²) in [7, 11) is 0. The molecular weight excluding hydrogens is 168 g/mol. The topological polar surface area (TPSA) is 0 Å². The summed E-state index contributed by atoms with van der Waals surface area (Å²) in [5, 5.41) is 0. The monoisotopic (exact) mass is 194 g/mol. The summed E-state index contributed by atoms with van der Waals surface area (Å²) < 4.78 is 0. The number of hydrogen-bond acceptors (Lipinski definition) is 0. The Morgan fingerprint density at radius 3 is 2.43 bits per heavy atom. The Hall–Kier alpha value is 0. The third kappa shape index (κ3) is 1.73. The lowest BCUT2D eigenvalue weighted by molar-refractivity contribution is 0.165. The van der Waals surface area contributed by atoms with E-state index in [0.29, 0.717) is 0 Å². The van der Waals surface area contributed by atoms with Crippen molar-refractivity contribution in [1.29, 1.82) is 0 Å². The molecule has 82 valence electrons. The molecule has 0 nitrogen and oxygen atoms in total. The number of hydrogen-bond donors (Lipinski definition) is 0. The molecule has 0 N–H and O–H groups in total. The molecule has 0 spiro atoms. The fourth-order valence-corrected chi connectivity index (χ4v) is 3.80. The van der Waals surface area contributed by atoms with Crippen LogP contribution in [0.2, 0.25) is 0 Å². The Balaban J connectivity index is 1.94. The van der Waals surface area contributed by atoms with Gasteiger partial charge >= 0.3 is 0 Å². The van der Waals surface area contributed by atoms with Crippen molar-refractivity contribution >= 4 is 0 Å². The van der Waals surface area contributed by atoms with Crippen molar-refractivity contribution in [2.24, 2.45) is 29.1 Å². The summed E-state index contributed by atoms with van der Waals surface area (Å²) in [6, 6.07) is 0. The van der Waals surface area contributed by atoms with Crippen molar-refractivity contribution in [3.8, 4) is 0 Å². The van der Waals surface area contributed by atoms with Crippen LogP contribution in [-0.2, 0) is 0 Å². The standard InChI is InChI=1S/C14H26/c1-5-14(4)9-13(14)12-7-6-10(2)8-11(12)3/h10-13H,5-9H2,1-4H3. The molecule has 0 aromatic carbocycles. The fraction of sp³-hybridized carbons (Fsp3) is 1.00. The van der Waals surface area contributed by atoms with Gasteiger partial charge in [0.25, 0.3) is 0 Å². The minimum absolute atomic E-state index is 0.736. The highest BCUT2D eigenvalue weighted by Gasteiger charge is 2.53. The van der Waals surface area contributed by atoms with Crippen molar-refractivity contribution in [3.63, 3.8) is 0 Å². The van der Waals surface area contributed by atoms with Gasteiger partial charge in [0.05, 0.1) is 0 Å². The van der Waals surface area contributed by atoms with Gasteiger partial charge in [0.2, 0.25) is 0 Å². The molecule has 0 amide bonds. The lowest BCUT2D eigenvalue weighted by Gasteiger charge is -2.34. The molecule has 14 heavy (non-hydrogen) atoms. The van der Waals surface area contributed by atoms with Crippen LogP contribution in [0.1, 0.15) is 59.8 Å². The zero-order valence-corrected chi connectivity index (χ0v) is 10.3. The predicted octanol–water partition coefficient (Wildman–Crippen LogP) is 4.49. The van der Waals surface area contributed by atoms with Crippen LogP contribution in [0.3, 0.4) is 0 Å². The molecule has 2 rings (SSSR count). The molecule has 0 aromatic heterocycles. The van der Waals surface area contributed by atoms with Crippen molar-refractivity contribution in [2.45, 2.75) is 59.8 Å². The lowest BCUT2D eigenvalue weighted by atomic mass is 9.72. The van der Waals surface area contributed by atoms with Crippen LogP contribution in [0.25, 0.3) is 0 Å². The summed E-state index contributed by atoms with van der Waals surface area (Å²) in [4.78, 5) is 0. The van der Waals surface area contributed by atoms with E-state index in [1.165, 1.54) is 32.1 Å². The van der Waals surface area contributed by atoms with E-state index >= 15 is 0 Å². The first kappa shape index (κ1) is 10.5.